The molecule has 0 aromatic carbocycles. The maximum absolute atomic E-state index is 9.61. The second kappa shape index (κ2) is 5.71. The van der Waals surface area contributed by atoms with Crippen LogP contribution in [0.2, 0.25) is 5.02 Å². The summed E-state index contributed by atoms with van der Waals surface area (Å²) in [7, 11) is 0. The van der Waals surface area contributed by atoms with Gasteiger partial charge in [0.25, 0.3) is 0 Å². The van der Waals surface area contributed by atoms with Gasteiger partial charge in [-0.1, -0.05) is 30.9 Å². The monoisotopic (exact) mass is 270 g/mol. The zero-order chi connectivity index (χ0) is 13.0. The zero-order valence-electron chi connectivity index (χ0n) is 10.3. The number of hydrogen-bond donors (Lipinski definition) is 3. The van der Waals surface area contributed by atoms with Crippen LogP contribution in [0.25, 0.3) is 0 Å². The second-order valence-corrected chi connectivity index (χ2v) is 5.40. The molecule has 1 fully saturated rings. The predicted octanol–water partition coefficient (Wildman–Crippen LogP) is 2.07. The van der Waals surface area contributed by atoms with Crippen LogP contribution in [0.15, 0.2) is 6.20 Å². The highest BCUT2D eigenvalue weighted by molar-refractivity contribution is 6.32. The number of nitrogens with two attached hydrogens (primary N) is 1. The van der Waals surface area contributed by atoms with E-state index in [1.165, 1.54) is 25.5 Å². The summed E-state index contributed by atoms with van der Waals surface area (Å²) in [6.45, 7) is 0.859. The first kappa shape index (κ1) is 13.4. The molecular weight excluding hydrogens is 252 g/mol. The van der Waals surface area contributed by atoms with Gasteiger partial charge < -0.3 is 16.2 Å². The Morgan fingerprint density at radius 2 is 2.11 bits per heavy atom. The van der Waals surface area contributed by atoms with Gasteiger partial charge in [-0.05, 0) is 12.8 Å². The summed E-state index contributed by atoms with van der Waals surface area (Å²) in [5.74, 6) is 0.742. The molecule has 2 rings (SSSR count). The summed E-state index contributed by atoms with van der Waals surface area (Å²) in [6.07, 6.45) is 7.15. The average molecular weight is 271 g/mol. The molecule has 4 N–H and O–H groups in total. The third-order valence-electron chi connectivity index (χ3n) is 3.64. The molecule has 1 aliphatic rings. The fourth-order valence-corrected chi connectivity index (χ4v) is 2.63. The molecule has 100 valence electrons. The molecule has 1 saturated carbocycles. The van der Waals surface area contributed by atoms with Crippen molar-refractivity contribution in [3.8, 4) is 0 Å². The molecule has 0 aliphatic heterocycles. The molecule has 0 amide bonds. The van der Waals surface area contributed by atoms with Gasteiger partial charge in [0, 0.05) is 12.0 Å². The van der Waals surface area contributed by atoms with Crippen molar-refractivity contribution in [1.82, 2.24) is 9.97 Å². The van der Waals surface area contributed by atoms with E-state index in [2.05, 4.69) is 15.3 Å². The van der Waals surface area contributed by atoms with Crippen molar-refractivity contribution < 1.29 is 5.11 Å². The van der Waals surface area contributed by atoms with Gasteiger partial charge in [0.2, 0.25) is 5.95 Å². The summed E-state index contributed by atoms with van der Waals surface area (Å²) in [4.78, 5) is 7.88. The lowest BCUT2D eigenvalue weighted by atomic mass is 9.74. The summed E-state index contributed by atoms with van der Waals surface area (Å²) in [6, 6.07) is 0. The van der Waals surface area contributed by atoms with Crippen molar-refractivity contribution in [3.05, 3.63) is 11.2 Å². The van der Waals surface area contributed by atoms with Crippen LogP contribution in [0.4, 0.5) is 11.8 Å². The minimum atomic E-state index is -0.0543. The van der Waals surface area contributed by atoms with Gasteiger partial charge in [0.15, 0.2) is 0 Å². The van der Waals surface area contributed by atoms with Gasteiger partial charge >= 0.3 is 0 Å². The van der Waals surface area contributed by atoms with E-state index in [1.807, 2.05) is 0 Å². The van der Waals surface area contributed by atoms with Crippen molar-refractivity contribution in [2.75, 3.05) is 24.2 Å². The highest BCUT2D eigenvalue weighted by Gasteiger charge is 2.31. The molecule has 0 saturated heterocycles. The topological polar surface area (TPSA) is 84.1 Å². The highest BCUT2D eigenvalue weighted by Crippen LogP contribution is 2.36. The number of hydrogen-bond acceptors (Lipinski definition) is 5. The first-order chi connectivity index (χ1) is 8.65. The first-order valence-electron chi connectivity index (χ1n) is 6.28. The summed E-state index contributed by atoms with van der Waals surface area (Å²) in [5.41, 5.74) is 5.48. The largest absolute Gasteiger partial charge is 0.396 e. The number of nitrogens with zero attached hydrogens (tertiary/aromatic N) is 2. The fraction of sp³-hybridized carbons (Fsp3) is 0.667. The molecule has 1 aromatic rings. The maximum atomic E-state index is 9.61. The predicted molar refractivity (Wildman–Crippen MR) is 72.5 cm³/mol. The molecule has 0 radical (unpaired) electrons. The van der Waals surface area contributed by atoms with Crippen molar-refractivity contribution in [2.24, 2.45) is 5.41 Å². The lowest BCUT2D eigenvalue weighted by Gasteiger charge is -2.35. The normalized spacial score (nSPS) is 18.6. The molecule has 0 unspecified atom stereocenters. The van der Waals surface area contributed by atoms with Crippen LogP contribution in [0, 0.1) is 5.41 Å². The van der Waals surface area contributed by atoms with Crippen molar-refractivity contribution in [2.45, 2.75) is 32.1 Å². The second-order valence-electron chi connectivity index (χ2n) is 5.00. The lowest BCUT2D eigenvalue weighted by molar-refractivity contribution is 0.0943. The minimum absolute atomic E-state index is 0.0543. The smallest absolute Gasteiger partial charge is 0.222 e. The number of anilines is 2. The van der Waals surface area contributed by atoms with E-state index < -0.39 is 0 Å². The van der Waals surface area contributed by atoms with E-state index in [1.54, 1.807) is 0 Å². The number of aliphatic hydroxyl groups excluding tert-OH is 1. The Labute approximate surface area is 112 Å². The third-order valence-corrected chi connectivity index (χ3v) is 3.92. The van der Waals surface area contributed by atoms with Gasteiger partial charge in [-0.15, -0.1) is 0 Å². The van der Waals surface area contributed by atoms with Crippen molar-refractivity contribution in [3.63, 3.8) is 0 Å². The van der Waals surface area contributed by atoms with E-state index in [9.17, 15) is 5.11 Å². The Bertz CT molecular complexity index is 407. The van der Waals surface area contributed by atoms with E-state index in [-0.39, 0.29) is 18.0 Å². The summed E-state index contributed by atoms with van der Waals surface area (Å²) < 4.78 is 0. The van der Waals surface area contributed by atoms with E-state index >= 15 is 0 Å². The van der Waals surface area contributed by atoms with Crippen LogP contribution in [-0.4, -0.2) is 28.2 Å². The standard InChI is InChI=1S/C12H19ClN4O/c13-9-6-15-11(14)17-10(9)16-7-12(8-18)4-2-1-3-5-12/h6,18H,1-5,7-8H2,(H3,14,15,16,17). The van der Waals surface area contributed by atoms with Gasteiger partial charge in [0.1, 0.15) is 10.8 Å². The number of rotatable bonds is 4. The molecule has 1 heterocycles. The molecule has 1 aliphatic carbocycles. The van der Waals surface area contributed by atoms with E-state index in [0.29, 0.717) is 17.4 Å². The first-order valence-corrected chi connectivity index (χ1v) is 6.66. The third kappa shape index (κ3) is 3.03. The zero-order valence-corrected chi connectivity index (χ0v) is 11.1. The maximum Gasteiger partial charge on any atom is 0.222 e. The number of nitrogens with one attached hydrogen (secondary N) is 1. The van der Waals surface area contributed by atoms with E-state index in [0.717, 1.165) is 12.8 Å². The van der Waals surface area contributed by atoms with Crippen LogP contribution in [0.1, 0.15) is 32.1 Å². The molecular formula is C12H19ClN4O. The van der Waals surface area contributed by atoms with Crippen LogP contribution < -0.4 is 11.1 Å². The summed E-state index contributed by atoms with van der Waals surface area (Å²) >= 11 is 6.00. The van der Waals surface area contributed by atoms with E-state index in [4.69, 9.17) is 17.3 Å². The van der Waals surface area contributed by atoms with Gasteiger partial charge in [-0.3, -0.25) is 0 Å². The number of aromatic nitrogens is 2. The quantitative estimate of drug-likeness (QED) is 0.780. The Morgan fingerprint density at radius 1 is 1.39 bits per heavy atom. The van der Waals surface area contributed by atoms with Crippen LogP contribution in [0.5, 0.6) is 0 Å². The van der Waals surface area contributed by atoms with Crippen LogP contribution >= 0.6 is 11.6 Å². The van der Waals surface area contributed by atoms with Gasteiger partial charge in [-0.2, -0.15) is 4.98 Å². The number of aliphatic hydroxyl groups is 1. The molecule has 18 heavy (non-hydrogen) atoms. The number of halogens is 1. The van der Waals surface area contributed by atoms with Crippen LogP contribution in [0.3, 0.4) is 0 Å². The SMILES string of the molecule is Nc1ncc(Cl)c(NCC2(CO)CCCCC2)n1. The Hall–Kier alpha value is -1.07. The fourth-order valence-electron chi connectivity index (χ4n) is 2.47. The number of nitrogen functional groups attached to an aromatic ring is 1. The summed E-state index contributed by atoms with van der Waals surface area (Å²) in [5, 5.41) is 13.3. The highest BCUT2D eigenvalue weighted by atomic mass is 35.5. The van der Waals surface area contributed by atoms with Crippen molar-refractivity contribution in [1.29, 1.82) is 0 Å². The Balaban J connectivity index is 2.03. The minimum Gasteiger partial charge on any atom is -0.396 e. The Kier molecular flexibility index (Phi) is 4.24. The Morgan fingerprint density at radius 3 is 2.78 bits per heavy atom. The molecule has 5 nitrogen and oxygen atoms in total. The molecule has 0 spiro atoms. The average Bonchev–Trinajstić information content (AvgIpc) is 2.41. The lowest BCUT2D eigenvalue weighted by Crippen LogP contribution is -2.35. The molecule has 0 bridgehead atoms. The molecule has 1 aromatic heterocycles. The van der Waals surface area contributed by atoms with Gasteiger partial charge in [0.05, 0.1) is 12.8 Å². The van der Waals surface area contributed by atoms with Crippen LogP contribution in [-0.2, 0) is 0 Å². The molecule has 6 heteroatoms. The molecule has 0 atom stereocenters. The van der Waals surface area contributed by atoms with Gasteiger partial charge in [-0.25, -0.2) is 4.98 Å². The van der Waals surface area contributed by atoms with Crippen molar-refractivity contribution >= 4 is 23.4 Å².